The quantitative estimate of drug-likeness (QED) is 0.463. The third kappa shape index (κ3) is 3.75. The zero-order valence-corrected chi connectivity index (χ0v) is 16.6. The average molecular weight is 410 g/mol. The molecule has 0 saturated carbocycles. The number of hydrogen-bond donors (Lipinski definition) is 1. The van der Waals surface area contributed by atoms with Crippen molar-refractivity contribution in [3.05, 3.63) is 99.3 Å². The molecule has 4 rings (SSSR count). The van der Waals surface area contributed by atoms with Crippen molar-refractivity contribution < 1.29 is 4.79 Å². The van der Waals surface area contributed by atoms with Gasteiger partial charge in [0.15, 0.2) is 0 Å². The largest absolute Gasteiger partial charge is 0.306 e. The van der Waals surface area contributed by atoms with E-state index in [0.29, 0.717) is 27.8 Å². The van der Waals surface area contributed by atoms with Crippen molar-refractivity contribution >= 4 is 40.6 Å². The first-order chi connectivity index (χ1) is 13.5. The number of anilines is 1. The molecule has 4 nitrogen and oxygen atoms in total. The molecule has 0 bridgehead atoms. The van der Waals surface area contributed by atoms with Gasteiger partial charge in [0.1, 0.15) is 11.5 Å². The Morgan fingerprint density at radius 3 is 2.57 bits per heavy atom. The summed E-state index contributed by atoms with van der Waals surface area (Å²) in [5.41, 5.74) is 4.20. The molecule has 140 valence electrons. The van der Waals surface area contributed by atoms with E-state index in [-0.39, 0.29) is 5.91 Å². The molecular weight excluding hydrogens is 393 g/mol. The summed E-state index contributed by atoms with van der Waals surface area (Å²) in [5, 5.41) is 3.75. The number of carbonyl (C=O) groups excluding carboxylic acids is 1. The highest BCUT2D eigenvalue weighted by Crippen LogP contribution is 2.25. The van der Waals surface area contributed by atoms with Crippen LogP contribution >= 0.6 is 23.2 Å². The third-order valence-corrected chi connectivity index (χ3v) is 5.21. The van der Waals surface area contributed by atoms with Crippen molar-refractivity contribution in [2.75, 3.05) is 5.32 Å². The van der Waals surface area contributed by atoms with Gasteiger partial charge in [0.05, 0.1) is 15.7 Å². The van der Waals surface area contributed by atoms with Crippen LogP contribution in [0.25, 0.3) is 5.65 Å². The summed E-state index contributed by atoms with van der Waals surface area (Å²) >= 11 is 12.0. The number of nitrogens with one attached hydrogen (secondary N) is 1. The zero-order chi connectivity index (χ0) is 19.7. The summed E-state index contributed by atoms with van der Waals surface area (Å²) in [4.78, 5) is 17.6. The van der Waals surface area contributed by atoms with E-state index >= 15 is 0 Å². The minimum atomic E-state index is -0.267. The van der Waals surface area contributed by atoms with Gasteiger partial charge in [-0.2, -0.15) is 0 Å². The second kappa shape index (κ2) is 7.66. The molecule has 1 amide bonds. The Morgan fingerprint density at radius 2 is 1.82 bits per heavy atom. The fourth-order valence-electron chi connectivity index (χ4n) is 3.06. The molecule has 0 fully saturated rings. The van der Waals surface area contributed by atoms with E-state index in [1.165, 1.54) is 0 Å². The number of carbonyl (C=O) groups is 1. The number of rotatable bonds is 4. The number of fused-ring (bicyclic) bond motifs is 1. The molecule has 2 aromatic carbocycles. The van der Waals surface area contributed by atoms with Gasteiger partial charge in [-0.25, -0.2) is 4.98 Å². The van der Waals surface area contributed by atoms with E-state index in [0.717, 1.165) is 22.5 Å². The molecule has 0 atom stereocenters. The second-order valence-electron chi connectivity index (χ2n) is 6.59. The van der Waals surface area contributed by atoms with Gasteiger partial charge in [-0.15, -0.1) is 0 Å². The van der Waals surface area contributed by atoms with Crippen LogP contribution in [0.5, 0.6) is 0 Å². The first-order valence-corrected chi connectivity index (χ1v) is 9.55. The minimum absolute atomic E-state index is 0.267. The normalized spacial score (nSPS) is 11.0. The van der Waals surface area contributed by atoms with Crippen molar-refractivity contribution in [1.82, 2.24) is 9.38 Å². The summed E-state index contributed by atoms with van der Waals surface area (Å²) < 4.78 is 1.91. The van der Waals surface area contributed by atoms with E-state index in [4.69, 9.17) is 28.2 Å². The number of aryl methyl sites for hydroxylation is 1. The molecule has 0 saturated heterocycles. The topological polar surface area (TPSA) is 46.4 Å². The van der Waals surface area contributed by atoms with Gasteiger partial charge in [-0.1, -0.05) is 59.6 Å². The zero-order valence-electron chi connectivity index (χ0n) is 15.1. The maximum Gasteiger partial charge on any atom is 0.256 e. The summed E-state index contributed by atoms with van der Waals surface area (Å²) in [5.74, 6) is 0.384. The van der Waals surface area contributed by atoms with Crippen molar-refractivity contribution in [2.45, 2.75) is 13.3 Å². The molecule has 2 aromatic heterocycles. The Bertz CT molecular complexity index is 1170. The van der Waals surface area contributed by atoms with Crippen LogP contribution in [0.3, 0.4) is 0 Å². The Labute approximate surface area is 172 Å². The number of aromatic nitrogens is 2. The van der Waals surface area contributed by atoms with Crippen molar-refractivity contribution in [1.29, 1.82) is 0 Å². The molecule has 0 spiro atoms. The van der Waals surface area contributed by atoms with Gasteiger partial charge < -0.3 is 5.32 Å². The molecule has 0 aliphatic rings. The average Bonchev–Trinajstić information content (AvgIpc) is 3.01. The van der Waals surface area contributed by atoms with Crippen LogP contribution in [0, 0.1) is 6.92 Å². The van der Waals surface area contributed by atoms with Crippen LogP contribution in [0.4, 0.5) is 5.82 Å². The highest BCUT2D eigenvalue weighted by Gasteiger charge is 2.17. The third-order valence-electron chi connectivity index (χ3n) is 4.47. The maximum atomic E-state index is 12.9. The van der Waals surface area contributed by atoms with Gasteiger partial charge in [0, 0.05) is 18.2 Å². The van der Waals surface area contributed by atoms with E-state index in [1.807, 2.05) is 60.0 Å². The lowest BCUT2D eigenvalue weighted by atomic mass is 10.1. The molecule has 28 heavy (non-hydrogen) atoms. The Kier molecular flexibility index (Phi) is 5.07. The van der Waals surface area contributed by atoms with E-state index in [9.17, 15) is 4.79 Å². The number of amides is 1. The summed E-state index contributed by atoms with van der Waals surface area (Å²) in [6.45, 7) is 2.00. The van der Waals surface area contributed by atoms with E-state index in [1.54, 1.807) is 18.2 Å². The standard InChI is InChI=1S/C22H17Cl2N3O/c1-14-7-10-20-25-19(11-15-5-3-2-4-6-15)21(27(20)13-14)26-22(28)16-8-9-17(23)18(24)12-16/h2-10,12-13H,11H2,1H3,(H,26,28). The van der Waals surface area contributed by atoms with Crippen LogP contribution in [-0.4, -0.2) is 15.3 Å². The van der Waals surface area contributed by atoms with Gasteiger partial charge >= 0.3 is 0 Å². The fourth-order valence-corrected chi connectivity index (χ4v) is 3.36. The van der Waals surface area contributed by atoms with Crippen LogP contribution in [0.2, 0.25) is 10.0 Å². The Morgan fingerprint density at radius 1 is 1.04 bits per heavy atom. The number of benzene rings is 2. The number of hydrogen-bond acceptors (Lipinski definition) is 2. The summed E-state index contributed by atoms with van der Waals surface area (Å²) in [6.07, 6.45) is 2.57. The molecule has 0 aliphatic heterocycles. The van der Waals surface area contributed by atoms with Crippen molar-refractivity contribution in [3.63, 3.8) is 0 Å². The van der Waals surface area contributed by atoms with Crippen LogP contribution in [0.1, 0.15) is 27.2 Å². The highest BCUT2D eigenvalue weighted by atomic mass is 35.5. The highest BCUT2D eigenvalue weighted by molar-refractivity contribution is 6.42. The van der Waals surface area contributed by atoms with E-state index < -0.39 is 0 Å². The maximum absolute atomic E-state index is 12.9. The second-order valence-corrected chi connectivity index (χ2v) is 7.40. The van der Waals surface area contributed by atoms with Gasteiger partial charge in [-0.05, 0) is 42.3 Å². The molecule has 2 heterocycles. The SMILES string of the molecule is Cc1ccc2nc(Cc3ccccc3)c(NC(=O)c3ccc(Cl)c(Cl)c3)n2c1. The van der Waals surface area contributed by atoms with Crippen molar-refractivity contribution in [2.24, 2.45) is 0 Å². The smallest absolute Gasteiger partial charge is 0.256 e. The van der Waals surface area contributed by atoms with Gasteiger partial charge in [-0.3, -0.25) is 9.20 Å². The van der Waals surface area contributed by atoms with Crippen molar-refractivity contribution in [3.8, 4) is 0 Å². The first-order valence-electron chi connectivity index (χ1n) is 8.79. The number of pyridine rings is 1. The summed E-state index contributed by atoms with van der Waals surface area (Å²) in [6, 6.07) is 18.8. The predicted octanol–water partition coefficient (Wildman–Crippen LogP) is 5.79. The van der Waals surface area contributed by atoms with E-state index in [2.05, 4.69) is 5.32 Å². The Hall–Kier alpha value is -2.82. The Balaban J connectivity index is 1.75. The van der Waals surface area contributed by atoms with Gasteiger partial charge in [0.25, 0.3) is 5.91 Å². The number of halogens is 2. The molecular formula is C22H17Cl2N3O. The molecule has 4 aromatic rings. The molecule has 0 radical (unpaired) electrons. The number of nitrogens with zero attached hydrogens (tertiary/aromatic N) is 2. The first kappa shape index (κ1) is 18.5. The predicted molar refractivity (Wildman–Crippen MR) is 114 cm³/mol. The molecule has 6 heteroatoms. The van der Waals surface area contributed by atoms with Crippen LogP contribution < -0.4 is 5.32 Å². The van der Waals surface area contributed by atoms with Crippen LogP contribution in [-0.2, 0) is 6.42 Å². The number of imidazole rings is 1. The minimum Gasteiger partial charge on any atom is -0.306 e. The molecule has 0 unspecified atom stereocenters. The fraction of sp³-hybridized carbons (Fsp3) is 0.0909. The molecule has 0 aliphatic carbocycles. The summed E-state index contributed by atoms with van der Waals surface area (Å²) in [7, 11) is 0. The lowest BCUT2D eigenvalue weighted by molar-refractivity contribution is 0.102. The van der Waals surface area contributed by atoms with Crippen LogP contribution in [0.15, 0.2) is 66.9 Å². The monoisotopic (exact) mass is 409 g/mol. The van der Waals surface area contributed by atoms with Gasteiger partial charge in [0.2, 0.25) is 0 Å². The lowest BCUT2D eigenvalue weighted by Crippen LogP contribution is -2.15. The lowest BCUT2D eigenvalue weighted by Gasteiger charge is -2.09. The molecule has 1 N–H and O–H groups in total.